The normalized spacial score (nSPS) is 17.5. The van der Waals surface area contributed by atoms with E-state index in [1.54, 1.807) is 13.8 Å². The zero-order chi connectivity index (χ0) is 11.9. The second-order valence-corrected chi connectivity index (χ2v) is 4.76. The van der Waals surface area contributed by atoms with Crippen LogP contribution in [0.3, 0.4) is 0 Å². The van der Waals surface area contributed by atoms with Crippen molar-refractivity contribution in [2.45, 2.75) is 26.1 Å². The van der Waals surface area contributed by atoms with Crippen LogP contribution in [0.2, 0.25) is 0 Å². The van der Waals surface area contributed by atoms with E-state index in [9.17, 15) is 4.57 Å². The molecule has 0 aliphatic rings. The summed E-state index contributed by atoms with van der Waals surface area (Å²) in [6, 6.07) is 0. The molecule has 0 heterocycles. The van der Waals surface area contributed by atoms with E-state index in [-0.39, 0.29) is 6.16 Å². The van der Waals surface area contributed by atoms with E-state index >= 15 is 0 Å². The van der Waals surface area contributed by atoms with Crippen LogP contribution in [-0.2, 0) is 13.6 Å². The van der Waals surface area contributed by atoms with Gasteiger partial charge in [-0.2, -0.15) is 0 Å². The standard InChI is InChI=1S/C11H13O3P/c1-6-9-15(12,13-10(4)7-2)14-11(5)8-3/h1-3,10-11H,9H2,4-5H3. The Morgan fingerprint density at radius 2 is 1.53 bits per heavy atom. The van der Waals surface area contributed by atoms with Crippen LogP contribution < -0.4 is 0 Å². The van der Waals surface area contributed by atoms with Crippen LogP contribution in [0.15, 0.2) is 0 Å². The lowest BCUT2D eigenvalue weighted by molar-refractivity contribution is 0.173. The molecule has 0 amide bonds. The summed E-state index contributed by atoms with van der Waals surface area (Å²) in [5, 5.41) is 0. The lowest BCUT2D eigenvalue weighted by Crippen LogP contribution is -2.11. The van der Waals surface area contributed by atoms with E-state index in [1.807, 2.05) is 0 Å². The van der Waals surface area contributed by atoms with Crippen LogP contribution in [-0.4, -0.2) is 18.4 Å². The highest BCUT2D eigenvalue weighted by molar-refractivity contribution is 7.54. The van der Waals surface area contributed by atoms with Gasteiger partial charge in [-0.25, -0.2) is 0 Å². The molecular weight excluding hydrogens is 211 g/mol. The Hall–Kier alpha value is -1.17. The molecule has 2 atom stereocenters. The van der Waals surface area contributed by atoms with E-state index in [2.05, 4.69) is 17.8 Å². The maximum absolute atomic E-state index is 12.0. The highest BCUT2D eigenvalue weighted by Gasteiger charge is 2.27. The second kappa shape index (κ2) is 6.34. The first-order chi connectivity index (χ1) is 6.97. The molecule has 80 valence electrons. The van der Waals surface area contributed by atoms with Gasteiger partial charge < -0.3 is 0 Å². The van der Waals surface area contributed by atoms with Crippen LogP contribution in [0.25, 0.3) is 0 Å². The topological polar surface area (TPSA) is 35.5 Å². The maximum Gasteiger partial charge on any atom is 0.344 e. The minimum absolute atomic E-state index is 0.148. The minimum Gasteiger partial charge on any atom is -0.292 e. The average molecular weight is 224 g/mol. The smallest absolute Gasteiger partial charge is 0.292 e. The van der Waals surface area contributed by atoms with Crippen LogP contribution in [0.5, 0.6) is 0 Å². The van der Waals surface area contributed by atoms with Crippen LogP contribution in [0.1, 0.15) is 13.8 Å². The second-order valence-electron chi connectivity index (χ2n) is 2.80. The number of hydrogen-bond acceptors (Lipinski definition) is 3. The molecule has 15 heavy (non-hydrogen) atoms. The van der Waals surface area contributed by atoms with Crippen LogP contribution in [0.4, 0.5) is 0 Å². The summed E-state index contributed by atoms with van der Waals surface area (Å²) < 4.78 is 22.1. The fraction of sp³-hybridized carbons (Fsp3) is 0.455. The van der Waals surface area contributed by atoms with Gasteiger partial charge in [-0.05, 0) is 13.8 Å². The molecule has 0 N–H and O–H groups in total. The molecule has 4 heteroatoms. The Morgan fingerprint density at radius 1 is 1.13 bits per heavy atom. The summed E-state index contributed by atoms with van der Waals surface area (Å²) in [5.74, 6) is 6.77. The molecule has 0 saturated carbocycles. The molecule has 0 aliphatic heterocycles. The van der Waals surface area contributed by atoms with Crippen LogP contribution >= 0.6 is 7.60 Å². The van der Waals surface area contributed by atoms with Crippen molar-refractivity contribution in [3.05, 3.63) is 0 Å². The van der Waals surface area contributed by atoms with Crippen LogP contribution in [0, 0.1) is 37.0 Å². The lowest BCUT2D eigenvalue weighted by Gasteiger charge is -2.19. The van der Waals surface area contributed by atoms with Crippen molar-refractivity contribution < 1.29 is 13.6 Å². The molecule has 0 aromatic carbocycles. The Labute approximate surface area is 91.1 Å². The van der Waals surface area contributed by atoms with Crippen molar-refractivity contribution >= 4 is 7.60 Å². The number of hydrogen-bond donors (Lipinski definition) is 0. The summed E-state index contributed by atoms with van der Waals surface area (Å²) in [7, 11) is -3.39. The molecule has 0 radical (unpaired) electrons. The summed E-state index contributed by atoms with van der Waals surface area (Å²) in [6.45, 7) is 3.15. The largest absolute Gasteiger partial charge is 0.344 e. The molecule has 0 aromatic heterocycles. The third-order valence-corrected chi connectivity index (χ3v) is 3.24. The molecule has 0 aromatic rings. The van der Waals surface area contributed by atoms with Crippen molar-refractivity contribution in [2.75, 3.05) is 6.16 Å². The molecule has 0 bridgehead atoms. The van der Waals surface area contributed by atoms with Crippen molar-refractivity contribution in [3.63, 3.8) is 0 Å². The van der Waals surface area contributed by atoms with Crippen molar-refractivity contribution in [1.29, 1.82) is 0 Å². The fourth-order valence-corrected chi connectivity index (χ4v) is 2.26. The molecule has 0 aliphatic carbocycles. The van der Waals surface area contributed by atoms with Gasteiger partial charge in [0.05, 0.1) is 0 Å². The molecule has 0 spiro atoms. The third-order valence-electron chi connectivity index (χ3n) is 1.39. The zero-order valence-electron chi connectivity index (χ0n) is 8.77. The van der Waals surface area contributed by atoms with Gasteiger partial charge in [-0.15, -0.1) is 19.3 Å². The van der Waals surface area contributed by atoms with Gasteiger partial charge in [0, 0.05) is 0 Å². The summed E-state index contributed by atoms with van der Waals surface area (Å²) in [4.78, 5) is 0. The molecule has 0 fully saturated rings. The van der Waals surface area contributed by atoms with Crippen molar-refractivity contribution in [1.82, 2.24) is 0 Å². The number of terminal acetylenes is 3. The van der Waals surface area contributed by atoms with Gasteiger partial charge in [0.15, 0.2) is 0 Å². The fourth-order valence-electron chi connectivity index (χ4n) is 0.754. The molecule has 2 unspecified atom stereocenters. The Bertz CT molecular complexity index is 341. The van der Waals surface area contributed by atoms with Gasteiger partial charge in [-0.1, -0.05) is 17.8 Å². The van der Waals surface area contributed by atoms with Gasteiger partial charge in [-0.3, -0.25) is 13.6 Å². The Morgan fingerprint density at radius 3 is 1.80 bits per heavy atom. The predicted octanol–water partition coefficient (Wildman–Crippen LogP) is 1.89. The molecule has 0 saturated heterocycles. The first kappa shape index (κ1) is 13.8. The van der Waals surface area contributed by atoms with E-state index in [0.29, 0.717) is 0 Å². The third kappa shape index (κ3) is 5.31. The first-order valence-electron chi connectivity index (χ1n) is 4.29. The van der Waals surface area contributed by atoms with Gasteiger partial charge in [0.25, 0.3) is 0 Å². The summed E-state index contributed by atoms with van der Waals surface area (Å²) in [6.07, 6.45) is 13.8. The van der Waals surface area contributed by atoms with E-state index < -0.39 is 19.8 Å². The molecule has 0 rings (SSSR count). The van der Waals surface area contributed by atoms with Crippen molar-refractivity contribution in [2.24, 2.45) is 0 Å². The van der Waals surface area contributed by atoms with E-state index in [1.165, 1.54) is 0 Å². The summed E-state index contributed by atoms with van der Waals surface area (Å²) >= 11 is 0. The highest BCUT2D eigenvalue weighted by Crippen LogP contribution is 2.49. The SMILES string of the molecule is C#CCP(=O)(OC(C)C#C)OC(C)C#C. The lowest BCUT2D eigenvalue weighted by atomic mass is 10.4. The van der Waals surface area contributed by atoms with Crippen molar-refractivity contribution in [3.8, 4) is 37.0 Å². The quantitative estimate of drug-likeness (QED) is 0.528. The molecule has 3 nitrogen and oxygen atoms in total. The number of rotatable bonds is 5. The molecular formula is C11H13O3P. The van der Waals surface area contributed by atoms with Gasteiger partial charge in [0.2, 0.25) is 0 Å². The maximum atomic E-state index is 12.0. The minimum atomic E-state index is -3.39. The van der Waals surface area contributed by atoms with Gasteiger partial charge in [0.1, 0.15) is 18.4 Å². The Balaban J connectivity index is 4.64. The monoisotopic (exact) mass is 224 g/mol. The average Bonchev–Trinajstić information content (AvgIpc) is 2.17. The summed E-state index contributed by atoms with van der Waals surface area (Å²) in [5.41, 5.74) is 0. The zero-order valence-corrected chi connectivity index (χ0v) is 9.66. The first-order valence-corrected chi connectivity index (χ1v) is 6.01. The predicted molar refractivity (Wildman–Crippen MR) is 60.1 cm³/mol. The Kier molecular flexibility index (Phi) is 5.84. The highest BCUT2D eigenvalue weighted by atomic mass is 31.2. The van der Waals surface area contributed by atoms with E-state index in [4.69, 9.17) is 28.3 Å². The van der Waals surface area contributed by atoms with Gasteiger partial charge >= 0.3 is 7.60 Å². The van der Waals surface area contributed by atoms with E-state index in [0.717, 1.165) is 0 Å².